The number of esters is 1. The van der Waals surface area contributed by atoms with Crippen molar-refractivity contribution in [3.8, 4) is 0 Å². The summed E-state index contributed by atoms with van der Waals surface area (Å²) < 4.78 is 84.6. The third-order valence-corrected chi connectivity index (χ3v) is 30.7. The lowest BCUT2D eigenvalue weighted by Gasteiger charge is -2.26. The molecule has 5 aliphatic heterocycles. The highest BCUT2D eigenvalue weighted by Gasteiger charge is 2.51. The predicted octanol–water partition coefficient (Wildman–Crippen LogP) is -1.75. The molecule has 46 nitrogen and oxygen atoms in total. The molecular weight excluding hydrogens is 2040 g/mol. The highest BCUT2D eigenvalue weighted by molar-refractivity contribution is 7.73. The van der Waals surface area contributed by atoms with Crippen molar-refractivity contribution >= 4 is 113 Å². The van der Waals surface area contributed by atoms with Crippen LogP contribution in [0, 0.1) is 4.77 Å². The van der Waals surface area contributed by atoms with Crippen LogP contribution in [0.15, 0.2) is 74.1 Å². The molecule has 0 spiro atoms. The van der Waals surface area contributed by atoms with Crippen molar-refractivity contribution in [2.24, 2.45) is 0 Å². The summed E-state index contributed by atoms with van der Waals surface area (Å²) in [5.41, 5.74) is -6.86. The zero-order valence-corrected chi connectivity index (χ0v) is 90.9. The lowest BCUT2D eigenvalue weighted by atomic mass is 10.1. The van der Waals surface area contributed by atoms with Gasteiger partial charge in [0.05, 0.1) is 68.8 Å². The Bertz CT molecular complexity index is 5950. The first-order valence-corrected chi connectivity index (χ1v) is 62.3. The van der Waals surface area contributed by atoms with E-state index in [1.54, 1.807) is 0 Å². The first-order valence-electron chi connectivity index (χ1n) is 46.6. The molecule has 5 aromatic rings. The van der Waals surface area contributed by atoms with Gasteiger partial charge in [0, 0.05) is 86.5 Å². The highest BCUT2D eigenvalue weighted by atomic mass is 32.1. The van der Waals surface area contributed by atoms with Gasteiger partial charge in [-0.1, -0.05) is 0 Å². The van der Waals surface area contributed by atoms with Crippen molar-refractivity contribution in [3.05, 3.63) is 157 Å². The van der Waals surface area contributed by atoms with Crippen molar-refractivity contribution < 1.29 is 121 Å². The number of hydrogen-bond donors (Lipinski definition) is 18. The maximum atomic E-state index is 13.2. The molecular formula is C91H147F3N15O31P5S. The molecule has 55 heteroatoms. The van der Waals surface area contributed by atoms with Crippen molar-refractivity contribution in [1.82, 2.24) is 73.9 Å². The molecule has 0 bridgehead atoms. The van der Waals surface area contributed by atoms with E-state index in [-0.39, 0.29) is 107 Å². The van der Waals surface area contributed by atoms with Gasteiger partial charge in [-0.25, -0.2) is 19.2 Å². The van der Waals surface area contributed by atoms with Gasteiger partial charge in [-0.3, -0.25) is 100 Å². The fourth-order valence-electron chi connectivity index (χ4n) is 15.4. The van der Waals surface area contributed by atoms with Crippen LogP contribution >= 0.6 is 46.6 Å². The van der Waals surface area contributed by atoms with Crippen LogP contribution in [-0.2, 0) is 94.6 Å². The van der Waals surface area contributed by atoms with Crippen LogP contribution in [0.25, 0.3) is 0 Å². The molecule has 5 fully saturated rings. The summed E-state index contributed by atoms with van der Waals surface area (Å²) in [5.74, 6) is -3.83. The predicted molar refractivity (Wildman–Crippen MR) is 559 cm³/mol. The van der Waals surface area contributed by atoms with E-state index in [4.69, 9.17) is 45.4 Å². The van der Waals surface area contributed by atoms with E-state index in [9.17, 15) is 131 Å². The number of aliphatic hydroxyl groups excluding tert-OH is 9. The topological polar surface area (TPSA) is 658 Å². The SMILES string of the molecule is C=P(C)(C)CCC1OC(n2cc(CN(CC(=O)OC(C)(C)C)C(=O)C(F)(F)F)c(=O)[nH]c2=O)[C@H](O)[C@@H]1O.C=P(C)(C)CCC1OC(n2cc(CNCC(C)=O)c(=O)[nH]c2=O)[C@H](O)[C@@H]1O.C=P(C)(C)CCC1OC(n2cc(CNCC(C)=O)c(=O)[nH]c2=O)[C@H](O)[C@@H]1O.C=P(C)(C)CCC1OC(n2cc(CNCC(C)=O)c(=O)[nH]c2=O)[C@H](OC)[C@@H]1O.C=P(C)(C)CCC1OC(n2cc(CNCC(C)=O)c(=O)[nH]c2=S)[C@H](O)[C@@H]1O. The molecule has 0 saturated carbocycles. The Morgan fingerprint density at radius 1 is 0.390 bits per heavy atom. The number of alkyl halides is 3. The first-order chi connectivity index (χ1) is 67.2. The van der Waals surface area contributed by atoms with Crippen molar-refractivity contribution in [2.45, 2.75) is 248 Å². The number of aliphatic hydroxyl groups is 9. The molecule has 0 aromatic carbocycles. The second kappa shape index (κ2) is 54.3. The quantitative estimate of drug-likeness (QED) is 0.0117. The molecule has 0 radical (unpaired) electrons. The van der Waals surface area contributed by atoms with Gasteiger partial charge in [0.15, 0.2) is 35.9 Å². The summed E-state index contributed by atoms with van der Waals surface area (Å²) in [6.07, 6.45) is 7.59. The Kier molecular flexibility index (Phi) is 47.1. The molecule has 18 N–H and O–H groups in total. The zero-order chi connectivity index (χ0) is 111. The van der Waals surface area contributed by atoms with E-state index in [2.05, 4.69) is 126 Å². The van der Waals surface area contributed by atoms with Gasteiger partial charge in [0.2, 0.25) is 0 Å². The average molecular weight is 2190 g/mol. The summed E-state index contributed by atoms with van der Waals surface area (Å²) in [6.45, 7) is 22.7. The minimum atomic E-state index is -5.37. The number of halogens is 3. The molecule has 20 atom stereocenters. The molecule has 5 aromatic heterocycles. The van der Waals surface area contributed by atoms with E-state index in [0.717, 1.165) is 44.5 Å². The normalized spacial score (nSPS) is 24.8. The summed E-state index contributed by atoms with van der Waals surface area (Å²) in [7, 11) is 1.44. The number of nitrogens with one attached hydrogen (secondary N) is 9. The largest absolute Gasteiger partial charge is 0.471 e. The number of nitrogens with zero attached hydrogens (tertiary/aromatic N) is 6. The Hall–Kier alpha value is -8.03. The lowest BCUT2D eigenvalue weighted by Crippen LogP contribution is -2.46. The van der Waals surface area contributed by atoms with Crippen LogP contribution in [-0.4, -0.2) is 406 Å². The number of methoxy groups -OCH3 is 1. The zero-order valence-electron chi connectivity index (χ0n) is 85.6. The minimum Gasteiger partial charge on any atom is -0.459 e. The van der Waals surface area contributed by atoms with Gasteiger partial charge in [-0.05, 0) is 190 Å². The molecule has 10 rings (SSSR count). The van der Waals surface area contributed by atoms with Gasteiger partial charge >= 0.3 is 40.8 Å². The summed E-state index contributed by atoms with van der Waals surface area (Å²) in [6, 6.07) is 0. The lowest BCUT2D eigenvalue weighted by molar-refractivity contribution is -0.188. The van der Waals surface area contributed by atoms with E-state index in [1.807, 2.05) is 18.3 Å². The van der Waals surface area contributed by atoms with Gasteiger partial charge in [-0.15, -0.1) is 65.9 Å². The molecule has 824 valence electrons. The Balaban J connectivity index is 0.000000280. The second-order valence-corrected chi connectivity index (χ2v) is 63.2. The van der Waals surface area contributed by atoms with E-state index in [0.29, 0.717) is 43.8 Å². The van der Waals surface area contributed by atoms with Crippen LogP contribution in [0.5, 0.6) is 0 Å². The van der Waals surface area contributed by atoms with Crippen LogP contribution in [0.1, 0.15) is 140 Å². The number of ether oxygens (including phenoxy) is 7. The van der Waals surface area contributed by atoms with Gasteiger partial charge < -0.3 is 105 Å². The number of amides is 1. The average Bonchev–Trinajstić information content (AvgIpc) is 1.66. The number of Topliss-reactive ketones (excluding diaryl/α,β-unsaturated/α-hetero) is 4. The fraction of sp³-hybridized carbons (Fsp3) is 0.659. The van der Waals surface area contributed by atoms with Crippen molar-refractivity contribution in [2.75, 3.05) is 137 Å². The monoisotopic (exact) mass is 2190 g/mol. The third kappa shape index (κ3) is 39.3. The molecule has 5 saturated heterocycles. The van der Waals surface area contributed by atoms with Gasteiger partial charge in [0.25, 0.3) is 27.8 Å². The number of carbonyl (C=O) groups excluding carboxylic acids is 6. The Labute approximate surface area is 846 Å². The van der Waals surface area contributed by atoms with E-state index < -0.39 is 244 Å². The maximum absolute atomic E-state index is 13.2. The maximum Gasteiger partial charge on any atom is 0.471 e. The fourth-order valence-corrected chi connectivity index (χ4v) is 20.4. The number of rotatable bonds is 41. The Morgan fingerprint density at radius 2 is 0.623 bits per heavy atom. The number of carbonyl (C=O) groups is 6. The number of ketones is 4. The van der Waals surface area contributed by atoms with Gasteiger partial charge in [0.1, 0.15) is 96.3 Å². The number of aromatic nitrogens is 10. The summed E-state index contributed by atoms with van der Waals surface area (Å²) in [4.78, 5) is 189. The molecule has 10 unspecified atom stereocenters. The number of hydrogen-bond acceptors (Lipinski definition) is 36. The number of aromatic amines is 5. The standard InChI is InChI=1S/C22H33F3N3O8P.C18H30N3O6P.2C17H28N3O6P.C17H28N3O5PS/c1-21(2,3)36-14(29)11-27(19(33)22(23,24)25)9-12-10-28(20(34)26-17(12)32)18-16(31)15(30)13(35-18)7-8-37(4,5)6;1-11(22)8-19-9-12-10-21(18(25)20-16(12)24)17-15(26-2)14(23)13(27-17)6-7-28(3,4)5;2*1-10(21)7-18-8-11-9-20(17(25)19-15(11)24)16-14(23)13(22)12(26-16)5-6-27(2,3)4;1-10(21)7-18-8-11-9-20(17(27)19-15(11)24)16-14(23)13(22)12(25-16)5-6-26(2,3)4/h10,13,15-16,18,30-31H,4,7-9,11H2,1-3,5-6H3,(H,26,32,34);10,13-15,17,19,23H,3,6-9H2,1-2,4-5H3,(H,20,24,25);2*9,12-14,16,18,22-23H,2,5-8H2,1,3-4H3,(H,19,24,25);9,12-14,16,18,22-23H,2,5-8H2,1,3-4H3,(H,19,24,27)/t13?,15-,16-,18?;13?,14-,15-,17?;3*12?,13-,14-,16?/m11111/s1. The van der Waals surface area contributed by atoms with Crippen LogP contribution in [0.4, 0.5) is 13.2 Å². The molecule has 146 heavy (non-hydrogen) atoms. The van der Waals surface area contributed by atoms with Crippen molar-refractivity contribution in [1.29, 1.82) is 0 Å². The summed E-state index contributed by atoms with van der Waals surface area (Å²) in [5, 5.41) is 105. The molecule has 5 aliphatic rings. The van der Waals surface area contributed by atoms with Crippen LogP contribution in [0.3, 0.4) is 0 Å². The Morgan fingerprint density at radius 3 is 0.877 bits per heavy atom. The highest BCUT2D eigenvalue weighted by Crippen LogP contribution is 2.45. The summed E-state index contributed by atoms with van der Waals surface area (Å²) >= 11 is 5.20. The molecule has 1 amide bonds. The number of H-pyrrole nitrogens is 5. The smallest absolute Gasteiger partial charge is 0.459 e. The second-order valence-electron chi connectivity index (χ2n) is 41.3. The van der Waals surface area contributed by atoms with Crippen LogP contribution < -0.4 is 71.8 Å². The van der Waals surface area contributed by atoms with Crippen LogP contribution in [0.2, 0.25) is 0 Å². The van der Waals surface area contributed by atoms with Crippen molar-refractivity contribution in [3.63, 3.8) is 0 Å². The molecule has 0 aliphatic carbocycles. The first kappa shape index (κ1) is 127. The van der Waals surface area contributed by atoms with Gasteiger partial charge in [-0.2, -0.15) is 13.2 Å². The third-order valence-electron chi connectivity index (χ3n) is 23.0. The molecule has 10 heterocycles. The van der Waals surface area contributed by atoms with E-state index >= 15 is 0 Å². The van der Waals surface area contributed by atoms with E-state index in [1.165, 1.54) is 89.5 Å². The minimum absolute atomic E-state index is 0.0455.